The van der Waals surface area contributed by atoms with Gasteiger partial charge >= 0.3 is 0 Å². The summed E-state index contributed by atoms with van der Waals surface area (Å²) in [5, 5.41) is 5.03. The Balaban J connectivity index is 2.15. The van der Waals surface area contributed by atoms with Crippen LogP contribution in [0.15, 0.2) is 18.2 Å². The Morgan fingerprint density at radius 3 is 2.58 bits per heavy atom. The molecule has 0 unspecified atom stereocenters. The molecular formula is C20H27FN2O. The Hall–Kier alpha value is -1.68. The molecule has 2 heterocycles. The van der Waals surface area contributed by atoms with Crippen molar-refractivity contribution in [1.29, 1.82) is 0 Å². The van der Waals surface area contributed by atoms with Crippen molar-refractivity contribution in [2.45, 2.75) is 58.8 Å². The van der Waals surface area contributed by atoms with Gasteiger partial charge in [-0.25, -0.2) is 9.07 Å². The number of hydrogen-bond acceptors (Lipinski definition) is 2. The summed E-state index contributed by atoms with van der Waals surface area (Å²) in [5.74, 6) is 0.686. The fraction of sp³-hybridized carbons (Fsp3) is 0.550. The molecule has 0 radical (unpaired) electrons. The lowest BCUT2D eigenvalue weighted by atomic mass is 9.88. The van der Waals surface area contributed by atoms with E-state index in [1.807, 2.05) is 13.0 Å². The zero-order valence-electron chi connectivity index (χ0n) is 15.1. The van der Waals surface area contributed by atoms with Crippen LogP contribution >= 0.6 is 0 Å². The average molecular weight is 330 g/mol. The van der Waals surface area contributed by atoms with E-state index in [1.165, 1.54) is 23.0 Å². The Labute approximate surface area is 143 Å². The van der Waals surface area contributed by atoms with Gasteiger partial charge in [0, 0.05) is 24.8 Å². The number of hydrogen-bond donors (Lipinski definition) is 0. The molecule has 1 aromatic heterocycles. The molecule has 1 aliphatic heterocycles. The van der Waals surface area contributed by atoms with E-state index in [0.717, 1.165) is 43.7 Å². The number of halogens is 1. The van der Waals surface area contributed by atoms with Gasteiger partial charge in [0.2, 0.25) is 0 Å². The Morgan fingerprint density at radius 1 is 1.29 bits per heavy atom. The van der Waals surface area contributed by atoms with Crippen molar-refractivity contribution in [3.05, 3.63) is 46.5 Å². The molecular weight excluding hydrogens is 303 g/mol. The molecule has 3 rings (SSSR count). The normalized spacial score (nSPS) is 16.1. The summed E-state index contributed by atoms with van der Waals surface area (Å²) < 4.78 is 21.1. The molecule has 0 atom stereocenters. The summed E-state index contributed by atoms with van der Waals surface area (Å²) in [6.45, 7) is 10.2. The zero-order valence-corrected chi connectivity index (χ0v) is 15.1. The van der Waals surface area contributed by atoms with Crippen LogP contribution < -0.4 is 0 Å². The van der Waals surface area contributed by atoms with Crippen LogP contribution in [0.25, 0.3) is 5.69 Å². The molecule has 0 saturated carbocycles. The third-order valence-corrected chi connectivity index (χ3v) is 4.96. The van der Waals surface area contributed by atoms with E-state index in [0.29, 0.717) is 11.8 Å². The van der Waals surface area contributed by atoms with Crippen molar-refractivity contribution in [2.75, 3.05) is 13.2 Å². The van der Waals surface area contributed by atoms with Crippen LogP contribution in [-0.2, 0) is 11.2 Å². The van der Waals surface area contributed by atoms with Gasteiger partial charge in [-0.2, -0.15) is 5.10 Å². The molecule has 2 aromatic rings. The molecule has 3 nitrogen and oxygen atoms in total. The Kier molecular flexibility index (Phi) is 5.04. The maximum absolute atomic E-state index is 13.5. The first kappa shape index (κ1) is 17.2. The second-order valence-electron chi connectivity index (χ2n) is 6.98. The molecule has 4 heteroatoms. The van der Waals surface area contributed by atoms with E-state index >= 15 is 0 Å². The predicted octanol–water partition coefficient (Wildman–Crippen LogP) is 4.90. The van der Waals surface area contributed by atoms with E-state index in [1.54, 1.807) is 6.07 Å². The monoisotopic (exact) mass is 330 g/mol. The van der Waals surface area contributed by atoms with E-state index in [2.05, 4.69) is 25.5 Å². The molecule has 0 bridgehead atoms. The number of aromatic nitrogens is 2. The number of aryl methyl sites for hydroxylation is 1. The van der Waals surface area contributed by atoms with Crippen LogP contribution in [0.2, 0.25) is 0 Å². The lowest BCUT2D eigenvalue weighted by molar-refractivity contribution is 0.0842. The first-order valence-electron chi connectivity index (χ1n) is 8.98. The number of benzene rings is 1. The molecule has 1 aliphatic rings. The van der Waals surface area contributed by atoms with Crippen molar-refractivity contribution in [3.63, 3.8) is 0 Å². The smallest absolute Gasteiger partial charge is 0.123 e. The predicted molar refractivity (Wildman–Crippen MR) is 94.5 cm³/mol. The van der Waals surface area contributed by atoms with Gasteiger partial charge in [-0.1, -0.05) is 20.8 Å². The molecule has 130 valence electrons. The maximum Gasteiger partial charge on any atom is 0.123 e. The third-order valence-electron chi connectivity index (χ3n) is 4.96. The third kappa shape index (κ3) is 3.12. The van der Waals surface area contributed by atoms with Crippen LogP contribution in [0.1, 0.15) is 68.0 Å². The van der Waals surface area contributed by atoms with Crippen molar-refractivity contribution < 1.29 is 9.13 Å². The second kappa shape index (κ2) is 7.06. The lowest BCUT2D eigenvalue weighted by Crippen LogP contribution is -2.16. The minimum atomic E-state index is -0.199. The molecule has 24 heavy (non-hydrogen) atoms. The quantitative estimate of drug-likeness (QED) is 0.797. The number of nitrogens with zero attached hydrogens (tertiary/aromatic N) is 2. The van der Waals surface area contributed by atoms with E-state index in [4.69, 9.17) is 9.84 Å². The standard InChI is InChI=1S/C20H27FN2O/c1-5-17-19(13(2)3)20(15-8-10-24-11-9-15)22-23(17)18-7-6-16(21)12-14(18)4/h6-7,12-13,15H,5,8-11H2,1-4H3. The first-order valence-corrected chi connectivity index (χ1v) is 8.98. The van der Waals surface area contributed by atoms with Gasteiger partial charge in [-0.3, -0.25) is 0 Å². The van der Waals surface area contributed by atoms with Gasteiger partial charge in [0.05, 0.1) is 11.4 Å². The van der Waals surface area contributed by atoms with Crippen LogP contribution in [-0.4, -0.2) is 23.0 Å². The van der Waals surface area contributed by atoms with Gasteiger partial charge < -0.3 is 4.74 Å². The molecule has 1 saturated heterocycles. The summed E-state index contributed by atoms with van der Waals surface area (Å²) in [5.41, 5.74) is 5.73. The average Bonchev–Trinajstić information content (AvgIpc) is 2.95. The van der Waals surface area contributed by atoms with E-state index < -0.39 is 0 Å². The van der Waals surface area contributed by atoms with Crippen molar-refractivity contribution in [2.24, 2.45) is 0 Å². The second-order valence-corrected chi connectivity index (χ2v) is 6.98. The van der Waals surface area contributed by atoms with Crippen molar-refractivity contribution in [3.8, 4) is 5.69 Å². The summed E-state index contributed by atoms with van der Waals surface area (Å²) in [4.78, 5) is 0. The van der Waals surface area contributed by atoms with Crippen molar-refractivity contribution >= 4 is 0 Å². The van der Waals surface area contributed by atoms with Crippen LogP contribution in [0, 0.1) is 12.7 Å². The SMILES string of the molecule is CCc1c(C(C)C)c(C2CCOCC2)nn1-c1ccc(F)cc1C. The fourth-order valence-corrected chi connectivity index (χ4v) is 3.78. The van der Waals surface area contributed by atoms with Gasteiger partial charge in [0.25, 0.3) is 0 Å². The maximum atomic E-state index is 13.5. The Bertz CT molecular complexity index is 715. The highest BCUT2D eigenvalue weighted by Gasteiger charge is 2.27. The van der Waals surface area contributed by atoms with E-state index in [9.17, 15) is 4.39 Å². The summed E-state index contributed by atoms with van der Waals surface area (Å²) in [6, 6.07) is 4.95. The van der Waals surface area contributed by atoms with Crippen LogP contribution in [0.3, 0.4) is 0 Å². The van der Waals surface area contributed by atoms with Gasteiger partial charge in [-0.15, -0.1) is 0 Å². The fourth-order valence-electron chi connectivity index (χ4n) is 3.78. The van der Waals surface area contributed by atoms with Gasteiger partial charge in [0.1, 0.15) is 5.82 Å². The minimum absolute atomic E-state index is 0.199. The minimum Gasteiger partial charge on any atom is -0.381 e. The highest BCUT2D eigenvalue weighted by atomic mass is 19.1. The topological polar surface area (TPSA) is 27.1 Å². The molecule has 0 aliphatic carbocycles. The van der Waals surface area contributed by atoms with Crippen LogP contribution in [0.5, 0.6) is 0 Å². The molecule has 0 spiro atoms. The highest BCUT2D eigenvalue weighted by molar-refractivity contribution is 5.45. The lowest BCUT2D eigenvalue weighted by Gasteiger charge is -2.22. The summed E-state index contributed by atoms with van der Waals surface area (Å²) >= 11 is 0. The van der Waals surface area contributed by atoms with Crippen LogP contribution in [0.4, 0.5) is 4.39 Å². The molecule has 1 fully saturated rings. The first-order chi connectivity index (χ1) is 11.5. The zero-order chi connectivity index (χ0) is 17.3. The number of rotatable bonds is 4. The van der Waals surface area contributed by atoms with Gasteiger partial charge in [-0.05, 0) is 61.4 Å². The van der Waals surface area contributed by atoms with Gasteiger partial charge in [0.15, 0.2) is 0 Å². The Morgan fingerprint density at radius 2 is 2.00 bits per heavy atom. The highest BCUT2D eigenvalue weighted by Crippen LogP contribution is 2.36. The molecule has 0 amide bonds. The summed E-state index contributed by atoms with van der Waals surface area (Å²) in [7, 11) is 0. The summed E-state index contributed by atoms with van der Waals surface area (Å²) in [6.07, 6.45) is 2.98. The number of ether oxygens (including phenoxy) is 1. The largest absolute Gasteiger partial charge is 0.381 e. The van der Waals surface area contributed by atoms with E-state index in [-0.39, 0.29) is 5.82 Å². The van der Waals surface area contributed by atoms with Crippen molar-refractivity contribution in [1.82, 2.24) is 9.78 Å². The molecule has 1 aromatic carbocycles. The molecule has 0 N–H and O–H groups in total.